The van der Waals surface area contributed by atoms with Crippen LogP contribution in [0.25, 0.3) is 0 Å². The smallest absolute Gasteiger partial charge is 0.295 e. The highest BCUT2D eigenvalue weighted by molar-refractivity contribution is 7.10. The van der Waals surface area contributed by atoms with Crippen molar-refractivity contribution in [2.24, 2.45) is 0 Å². The summed E-state index contributed by atoms with van der Waals surface area (Å²) in [5, 5.41) is 4.68. The second-order valence-electron chi connectivity index (χ2n) is 2.77. The fraction of sp³-hybridized carbons (Fsp3) is 0.300. The van der Waals surface area contributed by atoms with Crippen LogP contribution in [0, 0.1) is 26.2 Å². The first kappa shape index (κ1) is 9.82. The zero-order valence-electron chi connectivity index (χ0n) is 7.68. The number of amides is 1. The summed E-state index contributed by atoms with van der Waals surface area (Å²) in [7, 11) is 0. The van der Waals surface area contributed by atoms with Crippen LogP contribution < -0.4 is 5.32 Å². The number of thiophene rings is 1. The van der Waals surface area contributed by atoms with Crippen LogP contribution in [0.15, 0.2) is 5.38 Å². The number of hydrogen-bond acceptors (Lipinski definition) is 2. The molecule has 1 amide bonds. The Hall–Kier alpha value is -1.27. The van der Waals surface area contributed by atoms with Gasteiger partial charge in [-0.05, 0) is 36.3 Å². The van der Waals surface area contributed by atoms with Crippen molar-refractivity contribution in [3.8, 4) is 12.3 Å². The van der Waals surface area contributed by atoms with E-state index in [1.165, 1.54) is 10.4 Å². The highest BCUT2D eigenvalue weighted by Crippen LogP contribution is 2.19. The maximum Gasteiger partial charge on any atom is 0.295 e. The van der Waals surface area contributed by atoms with E-state index in [4.69, 9.17) is 6.42 Å². The van der Waals surface area contributed by atoms with E-state index in [1.807, 2.05) is 18.2 Å². The van der Waals surface area contributed by atoms with Crippen LogP contribution in [0.2, 0.25) is 0 Å². The van der Waals surface area contributed by atoms with Crippen molar-refractivity contribution >= 4 is 17.2 Å². The van der Waals surface area contributed by atoms with Gasteiger partial charge in [-0.15, -0.1) is 17.8 Å². The number of rotatable bonds is 2. The minimum Gasteiger partial charge on any atom is -0.341 e. The molecule has 1 heterocycles. The van der Waals surface area contributed by atoms with E-state index < -0.39 is 0 Å². The molecule has 0 atom stereocenters. The van der Waals surface area contributed by atoms with E-state index in [0.29, 0.717) is 6.54 Å². The standard InChI is InChI=1S/C10H11NOS/c1-4-10(12)11-5-9-6-13-8(3)7(9)2/h1,6H,5H2,2-3H3,(H,11,12). The summed E-state index contributed by atoms with van der Waals surface area (Å²) < 4.78 is 0. The molecule has 0 fully saturated rings. The van der Waals surface area contributed by atoms with Gasteiger partial charge in [-0.2, -0.15) is 0 Å². The zero-order valence-corrected chi connectivity index (χ0v) is 8.49. The Morgan fingerprint density at radius 3 is 2.85 bits per heavy atom. The monoisotopic (exact) mass is 193 g/mol. The van der Waals surface area contributed by atoms with E-state index in [1.54, 1.807) is 11.3 Å². The molecule has 0 unspecified atom stereocenters. The minimum atomic E-state index is -0.358. The average molecular weight is 193 g/mol. The van der Waals surface area contributed by atoms with E-state index >= 15 is 0 Å². The minimum absolute atomic E-state index is 0.358. The fourth-order valence-electron chi connectivity index (χ4n) is 0.963. The Morgan fingerprint density at radius 1 is 1.69 bits per heavy atom. The third kappa shape index (κ3) is 2.33. The van der Waals surface area contributed by atoms with Gasteiger partial charge < -0.3 is 5.32 Å². The average Bonchev–Trinajstić information content (AvgIpc) is 2.44. The third-order valence-electron chi connectivity index (χ3n) is 1.96. The zero-order chi connectivity index (χ0) is 9.84. The summed E-state index contributed by atoms with van der Waals surface area (Å²) in [5.74, 6) is 1.66. The van der Waals surface area contributed by atoms with E-state index in [2.05, 4.69) is 12.2 Å². The van der Waals surface area contributed by atoms with Gasteiger partial charge in [0.15, 0.2) is 0 Å². The van der Waals surface area contributed by atoms with Crippen LogP contribution in [0.4, 0.5) is 0 Å². The van der Waals surface area contributed by atoms with Gasteiger partial charge in [0.25, 0.3) is 5.91 Å². The number of hydrogen-bond donors (Lipinski definition) is 1. The number of carbonyl (C=O) groups excluding carboxylic acids is 1. The second-order valence-corrected chi connectivity index (χ2v) is 3.85. The van der Waals surface area contributed by atoms with Crippen molar-refractivity contribution in [3.63, 3.8) is 0 Å². The molecule has 2 nitrogen and oxygen atoms in total. The quantitative estimate of drug-likeness (QED) is 0.710. The van der Waals surface area contributed by atoms with Gasteiger partial charge >= 0.3 is 0 Å². The lowest BCUT2D eigenvalue weighted by Gasteiger charge is -2.00. The molecule has 0 aliphatic heterocycles. The molecule has 0 saturated carbocycles. The van der Waals surface area contributed by atoms with Crippen LogP contribution in [-0.4, -0.2) is 5.91 Å². The molecule has 1 aromatic rings. The van der Waals surface area contributed by atoms with Crippen molar-refractivity contribution in [2.45, 2.75) is 20.4 Å². The first-order chi connectivity index (χ1) is 6.15. The number of nitrogens with one attached hydrogen (secondary N) is 1. The summed E-state index contributed by atoms with van der Waals surface area (Å²) in [5.41, 5.74) is 2.38. The van der Waals surface area contributed by atoms with Gasteiger partial charge in [0, 0.05) is 11.4 Å². The van der Waals surface area contributed by atoms with Crippen molar-refractivity contribution in [1.29, 1.82) is 0 Å². The van der Waals surface area contributed by atoms with Gasteiger partial charge in [-0.1, -0.05) is 0 Å². The normalized spacial score (nSPS) is 9.31. The topological polar surface area (TPSA) is 29.1 Å². The van der Waals surface area contributed by atoms with Crippen LogP contribution in [0.1, 0.15) is 16.0 Å². The third-order valence-corrected chi connectivity index (χ3v) is 3.02. The SMILES string of the molecule is C#CC(=O)NCc1csc(C)c1C. The summed E-state index contributed by atoms with van der Waals surface area (Å²) in [6, 6.07) is 0. The van der Waals surface area contributed by atoms with Crippen molar-refractivity contribution in [1.82, 2.24) is 5.32 Å². The molecular weight excluding hydrogens is 182 g/mol. The van der Waals surface area contributed by atoms with Crippen molar-refractivity contribution < 1.29 is 4.79 Å². The Balaban J connectivity index is 2.61. The fourth-order valence-corrected chi connectivity index (χ4v) is 1.85. The number of carbonyl (C=O) groups is 1. The maximum atomic E-state index is 10.8. The van der Waals surface area contributed by atoms with Crippen LogP contribution in [0.5, 0.6) is 0 Å². The Bertz CT molecular complexity index is 359. The lowest BCUT2D eigenvalue weighted by atomic mass is 10.2. The van der Waals surface area contributed by atoms with Gasteiger partial charge in [0.1, 0.15) is 0 Å². The molecule has 68 valence electrons. The number of aryl methyl sites for hydroxylation is 1. The second kappa shape index (κ2) is 4.11. The van der Waals surface area contributed by atoms with Crippen molar-refractivity contribution in [3.05, 3.63) is 21.4 Å². The summed E-state index contributed by atoms with van der Waals surface area (Å²) in [4.78, 5) is 12.0. The molecule has 1 rings (SSSR count). The Morgan fingerprint density at radius 2 is 2.38 bits per heavy atom. The molecule has 0 spiro atoms. The Labute approximate surface area is 82.0 Å². The molecule has 3 heteroatoms. The molecule has 1 N–H and O–H groups in total. The van der Waals surface area contributed by atoms with Gasteiger partial charge in [0.2, 0.25) is 0 Å². The molecule has 1 aromatic heterocycles. The van der Waals surface area contributed by atoms with Crippen LogP contribution in [-0.2, 0) is 11.3 Å². The highest BCUT2D eigenvalue weighted by Gasteiger charge is 2.04. The van der Waals surface area contributed by atoms with Gasteiger partial charge in [-0.3, -0.25) is 4.79 Å². The van der Waals surface area contributed by atoms with Gasteiger partial charge in [0.05, 0.1) is 0 Å². The Kier molecular flexibility index (Phi) is 3.10. The summed E-state index contributed by atoms with van der Waals surface area (Å²) in [6.07, 6.45) is 4.92. The molecule has 0 aliphatic rings. The molecule has 0 aliphatic carbocycles. The predicted octanol–water partition coefficient (Wildman–Crippen LogP) is 1.61. The van der Waals surface area contributed by atoms with E-state index in [-0.39, 0.29) is 5.91 Å². The van der Waals surface area contributed by atoms with E-state index in [9.17, 15) is 4.79 Å². The first-order valence-electron chi connectivity index (χ1n) is 3.93. The number of terminal acetylenes is 1. The summed E-state index contributed by atoms with van der Waals surface area (Å²) in [6.45, 7) is 4.63. The van der Waals surface area contributed by atoms with Gasteiger partial charge in [-0.25, -0.2) is 0 Å². The molecule has 0 radical (unpaired) electrons. The molecular formula is C10H11NOS. The highest BCUT2D eigenvalue weighted by atomic mass is 32.1. The first-order valence-corrected chi connectivity index (χ1v) is 4.81. The van der Waals surface area contributed by atoms with Crippen LogP contribution >= 0.6 is 11.3 Å². The van der Waals surface area contributed by atoms with E-state index in [0.717, 1.165) is 5.56 Å². The molecule has 13 heavy (non-hydrogen) atoms. The van der Waals surface area contributed by atoms with Crippen LogP contribution in [0.3, 0.4) is 0 Å². The molecule has 0 aromatic carbocycles. The predicted molar refractivity (Wildman–Crippen MR) is 54.5 cm³/mol. The lowest BCUT2D eigenvalue weighted by Crippen LogP contribution is -2.20. The maximum absolute atomic E-state index is 10.8. The largest absolute Gasteiger partial charge is 0.341 e. The van der Waals surface area contributed by atoms with Crippen molar-refractivity contribution in [2.75, 3.05) is 0 Å². The summed E-state index contributed by atoms with van der Waals surface area (Å²) >= 11 is 1.69. The molecule has 0 saturated heterocycles. The lowest BCUT2D eigenvalue weighted by molar-refractivity contribution is -0.115. The molecule has 0 bridgehead atoms.